The lowest BCUT2D eigenvalue weighted by Gasteiger charge is -2.22. The Bertz CT molecular complexity index is 859. The van der Waals surface area contributed by atoms with Crippen LogP contribution < -0.4 is 14.8 Å². The van der Waals surface area contributed by atoms with Crippen LogP contribution in [0.15, 0.2) is 36.4 Å². The van der Waals surface area contributed by atoms with Crippen molar-refractivity contribution in [3.8, 4) is 11.5 Å². The highest BCUT2D eigenvalue weighted by atomic mass is 19.2. The number of methoxy groups -OCH3 is 1. The van der Waals surface area contributed by atoms with E-state index in [1.807, 2.05) is 0 Å². The first-order valence-corrected chi connectivity index (χ1v) is 8.22. The van der Waals surface area contributed by atoms with E-state index in [-0.39, 0.29) is 0 Å². The molecule has 2 rings (SSSR count). The van der Waals surface area contributed by atoms with E-state index >= 15 is 0 Å². The van der Waals surface area contributed by atoms with Crippen LogP contribution in [0.25, 0.3) is 0 Å². The van der Waals surface area contributed by atoms with Crippen molar-refractivity contribution in [1.82, 2.24) is 4.90 Å². The summed E-state index contributed by atoms with van der Waals surface area (Å²) in [5.41, 5.74) is -0.521. The molecule has 0 fully saturated rings. The quantitative estimate of drug-likeness (QED) is 0.731. The molecule has 9 heteroatoms. The fraction of sp³-hybridized carbons (Fsp3) is 0.263. The van der Waals surface area contributed by atoms with Crippen molar-refractivity contribution < 1.29 is 32.2 Å². The standard InChI is InChI=1S/C19H19F3N2O4/c1-11(28-13-6-4-12(27-3)5-7-13)19(26)24(2)10-16(25)23-15-9-8-14(20)17(21)18(15)22/h4-9,11H,10H2,1-3H3,(H,23,25)/t11-/m1/s1. The molecule has 2 aromatic carbocycles. The molecule has 150 valence electrons. The maximum atomic E-state index is 13.6. The van der Waals surface area contributed by atoms with E-state index in [9.17, 15) is 22.8 Å². The number of amides is 2. The van der Waals surface area contributed by atoms with Crippen LogP contribution in [0, 0.1) is 17.5 Å². The van der Waals surface area contributed by atoms with Crippen LogP contribution in [0.3, 0.4) is 0 Å². The van der Waals surface area contributed by atoms with Gasteiger partial charge < -0.3 is 19.7 Å². The highest BCUT2D eigenvalue weighted by Gasteiger charge is 2.22. The molecule has 0 aliphatic heterocycles. The lowest BCUT2D eigenvalue weighted by molar-refractivity contribution is -0.139. The largest absolute Gasteiger partial charge is 0.497 e. The molecular weight excluding hydrogens is 377 g/mol. The number of carbonyl (C=O) groups excluding carboxylic acids is 2. The number of nitrogens with zero attached hydrogens (tertiary/aromatic N) is 1. The second-order valence-electron chi connectivity index (χ2n) is 5.90. The monoisotopic (exact) mass is 396 g/mol. The van der Waals surface area contributed by atoms with Gasteiger partial charge in [-0.15, -0.1) is 0 Å². The van der Waals surface area contributed by atoms with Crippen molar-refractivity contribution >= 4 is 17.5 Å². The Kier molecular flexibility index (Phi) is 6.86. The summed E-state index contributed by atoms with van der Waals surface area (Å²) in [6.45, 7) is 1.07. The Morgan fingerprint density at radius 3 is 2.25 bits per heavy atom. The Hall–Kier alpha value is -3.23. The summed E-state index contributed by atoms with van der Waals surface area (Å²) in [5, 5.41) is 2.10. The second kappa shape index (κ2) is 9.12. The van der Waals surface area contributed by atoms with Gasteiger partial charge in [-0.3, -0.25) is 9.59 Å². The van der Waals surface area contributed by atoms with Crippen molar-refractivity contribution in [3.63, 3.8) is 0 Å². The van der Waals surface area contributed by atoms with Crippen LogP contribution in [-0.2, 0) is 9.59 Å². The number of likely N-dealkylation sites (N-methyl/N-ethyl adjacent to an activating group) is 1. The van der Waals surface area contributed by atoms with Gasteiger partial charge in [0.05, 0.1) is 19.3 Å². The third kappa shape index (κ3) is 5.15. The molecule has 0 unspecified atom stereocenters. The van der Waals surface area contributed by atoms with E-state index in [0.717, 1.165) is 11.0 Å². The molecule has 1 atom stereocenters. The maximum Gasteiger partial charge on any atom is 0.263 e. The zero-order valence-corrected chi connectivity index (χ0v) is 15.5. The van der Waals surface area contributed by atoms with Gasteiger partial charge in [-0.2, -0.15) is 0 Å². The zero-order valence-electron chi connectivity index (χ0n) is 15.5. The number of halogens is 3. The Morgan fingerprint density at radius 1 is 1.04 bits per heavy atom. The minimum absolute atomic E-state index is 0.434. The molecule has 6 nitrogen and oxygen atoms in total. The van der Waals surface area contributed by atoms with Gasteiger partial charge in [-0.25, -0.2) is 13.2 Å². The average molecular weight is 396 g/mol. The van der Waals surface area contributed by atoms with Gasteiger partial charge in [0.1, 0.15) is 11.5 Å². The summed E-state index contributed by atoms with van der Waals surface area (Å²) >= 11 is 0. The first-order chi connectivity index (χ1) is 13.2. The number of hydrogen-bond acceptors (Lipinski definition) is 4. The lowest BCUT2D eigenvalue weighted by Crippen LogP contribution is -2.42. The maximum absolute atomic E-state index is 13.6. The highest BCUT2D eigenvalue weighted by Crippen LogP contribution is 2.20. The number of rotatable bonds is 7. The molecule has 2 amide bonds. The molecule has 0 aliphatic carbocycles. The number of benzene rings is 2. The van der Waals surface area contributed by atoms with Gasteiger partial charge in [0.15, 0.2) is 23.6 Å². The topological polar surface area (TPSA) is 67.9 Å². The second-order valence-corrected chi connectivity index (χ2v) is 5.90. The van der Waals surface area contributed by atoms with E-state index in [0.29, 0.717) is 17.6 Å². The van der Waals surface area contributed by atoms with Gasteiger partial charge in [-0.1, -0.05) is 0 Å². The predicted molar refractivity (Wildman–Crippen MR) is 95.7 cm³/mol. The van der Waals surface area contributed by atoms with Crippen LogP contribution in [0.1, 0.15) is 6.92 Å². The minimum atomic E-state index is -1.69. The SMILES string of the molecule is COc1ccc(O[C@H](C)C(=O)N(C)CC(=O)Nc2ccc(F)c(F)c2F)cc1. The zero-order chi connectivity index (χ0) is 20.8. The Labute approximate surface area is 159 Å². The fourth-order valence-electron chi connectivity index (χ4n) is 2.32. The molecule has 0 heterocycles. The number of hydrogen-bond donors (Lipinski definition) is 1. The van der Waals surface area contributed by atoms with Crippen molar-refractivity contribution in [2.75, 3.05) is 26.0 Å². The van der Waals surface area contributed by atoms with Crippen LogP contribution in [0.2, 0.25) is 0 Å². The van der Waals surface area contributed by atoms with Crippen LogP contribution >= 0.6 is 0 Å². The van der Waals surface area contributed by atoms with Crippen LogP contribution in [0.4, 0.5) is 18.9 Å². The van der Waals surface area contributed by atoms with Gasteiger partial charge in [0.25, 0.3) is 5.91 Å². The summed E-state index contributed by atoms with van der Waals surface area (Å²) in [7, 11) is 2.88. The number of anilines is 1. The molecular formula is C19H19F3N2O4. The lowest BCUT2D eigenvalue weighted by atomic mass is 10.2. The molecule has 28 heavy (non-hydrogen) atoms. The number of nitrogens with one attached hydrogen (secondary N) is 1. The molecule has 0 spiro atoms. The fourth-order valence-corrected chi connectivity index (χ4v) is 2.32. The Balaban J connectivity index is 1.93. The van der Waals surface area contributed by atoms with Crippen molar-refractivity contribution in [2.24, 2.45) is 0 Å². The highest BCUT2D eigenvalue weighted by molar-refractivity contribution is 5.95. The normalized spacial score (nSPS) is 11.5. The van der Waals surface area contributed by atoms with E-state index in [4.69, 9.17) is 9.47 Å². The summed E-state index contributed by atoms with van der Waals surface area (Å²) < 4.78 is 50.3. The average Bonchev–Trinajstić information content (AvgIpc) is 2.68. The molecule has 0 aromatic heterocycles. The molecule has 0 bridgehead atoms. The van der Waals surface area contributed by atoms with Gasteiger partial charge >= 0.3 is 0 Å². The summed E-state index contributed by atoms with van der Waals surface area (Å²) in [5.74, 6) is -4.79. The van der Waals surface area contributed by atoms with Gasteiger partial charge in [0.2, 0.25) is 5.91 Å². The van der Waals surface area contributed by atoms with E-state index < -0.39 is 47.6 Å². The van der Waals surface area contributed by atoms with E-state index in [2.05, 4.69) is 5.32 Å². The van der Waals surface area contributed by atoms with Crippen LogP contribution in [-0.4, -0.2) is 43.5 Å². The molecule has 0 radical (unpaired) electrons. The molecule has 0 saturated heterocycles. The molecule has 2 aromatic rings. The number of ether oxygens (including phenoxy) is 2. The van der Waals surface area contributed by atoms with E-state index in [1.165, 1.54) is 21.1 Å². The molecule has 1 N–H and O–H groups in total. The smallest absolute Gasteiger partial charge is 0.263 e. The van der Waals surface area contributed by atoms with Crippen molar-refractivity contribution in [3.05, 3.63) is 53.8 Å². The Morgan fingerprint density at radius 2 is 1.64 bits per heavy atom. The van der Waals surface area contributed by atoms with E-state index in [1.54, 1.807) is 24.3 Å². The summed E-state index contributed by atoms with van der Waals surface area (Å²) in [6, 6.07) is 8.17. The van der Waals surface area contributed by atoms with Gasteiger partial charge in [-0.05, 0) is 43.3 Å². The van der Waals surface area contributed by atoms with Crippen molar-refractivity contribution in [1.29, 1.82) is 0 Å². The third-order valence-corrected chi connectivity index (χ3v) is 3.79. The summed E-state index contributed by atoms with van der Waals surface area (Å²) in [4.78, 5) is 25.4. The van der Waals surface area contributed by atoms with Crippen LogP contribution in [0.5, 0.6) is 11.5 Å². The summed E-state index contributed by atoms with van der Waals surface area (Å²) in [6.07, 6.45) is -0.897. The molecule has 0 saturated carbocycles. The molecule has 0 aliphatic rings. The number of carbonyl (C=O) groups is 2. The van der Waals surface area contributed by atoms with Crippen molar-refractivity contribution in [2.45, 2.75) is 13.0 Å². The third-order valence-electron chi connectivity index (χ3n) is 3.79. The minimum Gasteiger partial charge on any atom is -0.497 e. The first kappa shape index (κ1) is 21.1. The first-order valence-electron chi connectivity index (χ1n) is 8.22. The van der Waals surface area contributed by atoms with Gasteiger partial charge in [0, 0.05) is 7.05 Å². The predicted octanol–water partition coefficient (Wildman–Crippen LogP) is 2.98.